The first kappa shape index (κ1) is 25.0. The lowest BCUT2D eigenvalue weighted by Gasteiger charge is -2.31. The molecule has 3 rings (SSSR count). The lowest BCUT2D eigenvalue weighted by Crippen LogP contribution is -2.41. The van der Waals surface area contributed by atoms with Crippen molar-refractivity contribution in [2.24, 2.45) is 0 Å². The molecule has 0 saturated heterocycles. The number of nitrogens with zero attached hydrogens (tertiary/aromatic N) is 1. The van der Waals surface area contributed by atoms with E-state index >= 15 is 0 Å². The summed E-state index contributed by atoms with van der Waals surface area (Å²) in [5, 5.41) is 9.83. The summed E-state index contributed by atoms with van der Waals surface area (Å²) >= 11 is 0. The first-order valence-electron chi connectivity index (χ1n) is 11.0. The van der Waals surface area contributed by atoms with E-state index in [1.807, 2.05) is 36.4 Å². The summed E-state index contributed by atoms with van der Waals surface area (Å²) in [6.45, 7) is 5.97. The minimum Gasteiger partial charge on any atom is -0.497 e. The molecule has 2 aromatic rings. The van der Waals surface area contributed by atoms with E-state index in [1.54, 1.807) is 41.1 Å². The van der Waals surface area contributed by atoms with Gasteiger partial charge in [-0.05, 0) is 68.2 Å². The van der Waals surface area contributed by atoms with Crippen LogP contribution in [0.4, 0.5) is 4.79 Å². The molecule has 1 heterocycles. The van der Waals surface area contributed by atoms with Crippen LogP contribution in [0, 0.1) is 0 Å². The lowest BCUT2D eigenvalue weighted by molar-refractivity contribution is -0.132. The SMILES string of the molecule is COc1cc(COc2cccc(C3=C(C(=O)O)CN(C(=O)OC(C)(C)C)CC3)c2)cc(OC)c1. The van der Waals surface area contributed by atoms with Gasteiger partial charge in [0.1, 0.15) is 29.5 Å². The molecule has 8 heteroatoms. The van der Waals surface area contributed by atoms with Gasteiger partial charge in [-0.1, -0.05) is 12.1 Å². The van der Waals surface area contributed by atoms with Gasteiger partial charge in [-0.25, -0.2) is 9.59 Å². The minimum atomic E-state index is -1.06. The fourth-order valence-corrected chi connectivity index (χ4v) is 3.65. The molecule has 1 aliphatic heterocycles. The molecule has 0 saturated carbocycles. The summed E-state index contributed by atoms with van der Waals surface area (Å²) in [6, 6.07) is 12.8. The predicted octanol–water partition coefficient (Wildman–Crippen LogP) is 4.76. The number of ether oxygens (including phenoxy) is 4. The van der Waals surface area contributed by atoms with Crippen molar-refractivity contribution in [2.45, 2.75) is 39.4 Å². The van der Waals surface area contributed by atoms with Gasteiger partial charge in [-0.2, -0.15) is 0 Å². The fourth-order valence-electron chi connectivity index (χ4n) is 3.65. The number of methoxy groups -OCH3 is 2. The first-order valence-corrected chi connectivity index (χ1v) is 11.0. The van der Waals surface area contributed by atoms with Crippen LogP contribution < -0.4 is 14.2 Å². The van der Waals surface area contributed by atoms with Crippen LogP contribution in [0.15, 0.2) is 48.0 Å². The van der Waals surface area contributed by atoms with E-state index < -0.39 is 17.7 Å². The van der Waals surface area contributed by atoms with E-state index in [1.165, 1.54) is 4.90 Å². The highest BCUT2D eigenvalue weighted by atomic mass is 16.6. The van der Waals surface area contributed by atoms with Gasteiger partial charge in [0.05, 0.1) is 26.3 Å². The van der Waals surface area contributed by atoms with Gasteiger partial charge in [0.25, 0.3) is 0 Å². The fraction of sp³-hybridized carbons (Fsp3) is 0.385. The second kappa shape index (κ2) is 10.5. The van der Waals surface area contributed by atoms with Crippen LogP contribution in [0.3, 0.4) is 0 Å². The Bertz CT molecular complexity index is 1060. The average molecular weight is 470 g/mol. The second-order valence-electron chi connectivity index (χ2n) is 8.95. The monoisotopic (exact) mass is 469 g/mol. The van der Waals surface area contributed by atoms with Crippen molar-refractivity contribution in [1.82, 2.24) is 4.90 Å². The Morgan fingerprint density at radius 2 is 1.68 bits per heavy atom. The highest BCUT2D eigenvalue weighted by Crippen LogP contribution is 2.31. The van der Waals surface area contributed by atoms with Crippen LogP contribution in [-0.4, -0.2) is 55.0 Å². The third-order valence-corrected chi connectivity index (χ3v) is 5.25. The lowest BCUT2D eigenvalue weighted by atomic mass is 9.93. The molecule has 0 atom stereocenters. The molecule has 0 aliphatic carbocycles. The van der Waals surface area contributed by atoms with E-state index in [2.05, 4.69) is 0 Å². The molecule has 2 aromatic carbocycles. The number of rotatable bonds is 7. The van der Waals surface area contributed by atoms with E-state index in [-0.39, 0.29) is 18.7 Å². The van der Waals surface area contributed by atoms with Crippen molar-refractivity contribution < 1.29 is 33.6 Å². The van der Waals surface area contributed by atoms with E-state index in [4.69, 9.17) is 18.9 Å². The van der Waals surface area contributed by atoms with Crippen LogP contribution >= 0.6 is 0 Å². The predicted molar refractivity (Wildman–Crippen MR) is 127 cm³/mol. The van der Waals surface area contributed by atoms with Crippen molar-refractivity contribution in [3.05, 3.63) is 59.2 Å². The molecule has 0 aromatic heterocycles. The Morgan fingerprint density at radius 1 is 1.00 bits per heavy atom. The Labute approximate surface area is 199 Å². The molecule has 8 nitrogen and oxygen atoms in total. The van der Waals surface area contributed by atoms with Crippen molar-refractivity contribution in [2.75, 3.05) is 27.3 Å². The van der Waals surface area contributed by atoms with Crippen LogP contribution in [0.25, 0.3) is 5.57 Å². The number of amides is 1. The summed E-state index contributed by atoms with van der Waals surface area (Å²) < 4.78 is 22.0. The smallest absolute Gasteiger partial charge is 0.410 e. The number of hydrogen-bond acceptors (Lipinski definition) is 6. The number of carbonyl (C=O) groups excluding carboxylic acids is 1. The molecule has 0 radical (unpaired) electrons. The molecule has 0 fully saturated rings. The van der Waals surface area contributed by atoms with Gasteiger partial charge in [0.15, 0.2) is 0 Å². The summed E-state index contributed by atoms with van der Waals surface area (Å²) in [5.41, 5.74) is 1.83. The zero-order chi connectivity index (χ0) is 24.9. The third kappa shape index (κ3) is 6.43. The van der Waals surface area contributed by atoms with Gasteiger partial charge in [-0.15, -0.1) is 0 Å². The van der Waals surface area contributed by atoms with Gasteiger partial charge in [0, 0.05) is 12.6 Å². The van der Waals surface area contributed by atoms with Crippen LogP contribution in [0.1, 0.15) is 38.3 Å². The Hall–Kier alpha value is -3.68. The van der Waals surface area contributed by atoms with E-state index in [9.17, 15) is 14.7 Å². The summed E-state index contributed by atoms with van der Waals surface area (Å²) in [7, 11) is 3.18. The molecule has 182 valence electrons. The van der Waals surface area contributed by atoms with Crippen molar-refractivity contribution in [3.63, 3.8) is 0 Å². The molecule has 1 N–H and O–H groups in total. The van der Waals surface area contributed by atoms with Gasteiger partial charge < -0.3 is 29.0 Å². The zero-order valence-electron chi connectivity index (χ0n) is 20.2. The molecule has 0 bridgehead atoms. The summed E-state index contributed by atoms with van der Waals surface area (Å²) in [4.78, 5) is 25.9. The maximum Gasteiger partial charge on any atom is 0.410 e. The van der Waals surface area contributed by atoms with Crippen molar-refractivity contribution in [1.29, 1.82) is 0 Å². The highest BCUT2D eigenvalue weighted by molar-refractivity contribution is 5.98. The summed E-state index contributed by atoms with van der Waals surface area (Å²) in [6.07, 6.45) is -0.117. The van der Waals surface area contributed by atoms with Crippen LogP contribution in [0.2, 0.25) is 0 Å². The first-order chi connectivity index (χ1) is 16.1. The van der Waals surface area contributed by atoms with E-state index in [0.717, 1.165) is 11.1 Å². The Balaban J connectivity index is 1.79. The number of benzene rings is 2. The molecule has 1 aliphatic rings. The molecule has 0 spiro atoms. The standard InChI is InChI=1S/C26H31NO7/c1-26(2,3)34-25(30)27-10-9-22(23(15-27)24(28)29)18-7-6-8-19(13-18)33-16-17-11-20(31-4)14-21(12-17)32-5/h6-8,11-14H,9-10,15-16H2,1-5H3,(H,28,29). The maximum atomic E-state index is 12.4. The number of hydrogen-bond donors (Lipinski definition) is 1. The molecular formula is C26H31NO7. The number of aliphatic carboxylic acids is 1. The minimum absolute atomic E-state index is 0.0196. The number of carbonyl (C=O) groups is 2. The Morgan fingerprint density at radius 3 is 2.26 bits per heavy atom. The van der Waals surface area contributed by atoms with Crippen LogP contribution in [0.5, 0.6) is 17.2 Å². The maximum absolute atomic E-state index is 12.4. The summed E-state index contributed by atoms with van der Waals surface area (Å²) in [5.74, 6) is 0.878. The van der Waals surface area contributed by atoms with Crippen molar-refractivity contribution >= 4 is 17.6 Å². The average Bonchev–Trinajstić information content (AvgIpc) is 2.81. The molecule has 1 amide bonds. The van der Waals surface area contributed by atoms with Gasteiger partial charge >= 0.3 is 12.1 Å². The topological polar surface area (TPSA) is 94.5 Å². The normalized spacial score (nSPS) is 14.0. The second-order valence-corrected chi connectivity index (χ2v) is 8.95. The highest BCUT2D eigenvalue weighted by Gasteiger charge is 2.30. The quantitative estimate of drug-likeness (QED) is 0.625. The van der Waals surface area contributed by atoms with Gasteiger partial charge in [-0.3, -0.25) is 0 Å². The number of carboxylic acid groups (broad SMARTS) is 1. The van der Waals surface area contributed by atoms with Gasteiger partial charge in [0.2, 0.25) is 0 Å². The third-order valence-electron chi connectivity index (χ3n) is 5.25. The largest absolute Gasteiger partial charge is 0.497 e. The number of carboxylic acids is 1. The molecule has 34 heavy (non-hydrogen) atoms. The zero-order valence-corrected chi connectivity index (χ0v) is 20.2. The molecule has 0 unspecified atom stereocenters. The van der Waals surface area contributed by atoms with Crippen LogP contribution in [-0.2, 0) is 16.1 Å². The Kier molecular flexibility index (Phi) is 7.71. The van der Waals surface area contributed by atoms with E-state index in [0.29, 0.717) is 35.8 Å². The van der Waals surface area contributed by atoms with Crippen molar-refractivity contribution in [3.8, 4) is 17.2 Å². The molecular weight excluding hydrogens is 438 g/mol.